The van der Waals surface area contributed by atoms with Gasteiger partial charge in [0.2, 0.25) is 0 Å². The summed E-state index contributed by atoms with van der Waals surface area (Å²) in [5, 5.41) is 1.48. The number of esters is 2. The van der Waals surface area contributed by atoms with Gasteiger partial charge in [0.05, 0.1) is 46.8 Å². The number of unbranched alkanes of at least 4 members (excludes halogenated alkanes) is 26. The van der Waals surface area contributed by atoms with Crippen LogP contribution in [0.25, 0.3) is 33.2 Å². The summed E-state index contributed by atoms with van der Waals surface area (Å²) in [6, 6.07) is 18.8. The third kappa shape index (κ3) is 17.6. The molecule has 2 heterocycles. The molecule has 4 aromatic rings. The molecule has 2 aromatic heterocycles. The molecule has 6 heteroatoms. The van der Waals surface area contributed by atoms with Crippen LogP contribution in [0.3, 0.4) is 0 Å². The lowest BCUT2D eigenvalue weighted by Gasteiger charge is -2.12. The first kappa shape index (κ1) is 46.9. The van der Waals surface area contributed by atoms with Crippen LogP contribution in [0.5, 0.6) is 0 Å². The maximum Gasteiger partial charge on any atom is 0.338 e. The predicted molar refractivity (Wildman–Crippen MR) is 244 cm³/mol. The summed E-state index contributed by atoms with van der Waals surface area (Å²) < 4.78 is 11.6. The summed E-state index contributed by atoms with van der Waals surface area (Å²) in [4.78, 5) is 36.9. The average Bonchev–Trinajstić information content (AvgIpc) is 3.25. The van der Waals surface area contributed by atoms with E-state index in [2.05, 4.69) is 13.8 Å². The van der Waals surface area contributed by atoms with E-state index in [1.54, 1.807) is 12.1 Å². The minimum Gasteiger partial charge on any atom is -0.462 e. The van der Waals surface area contributed by atoms with E-state index in [1.165, 1.54) is 154 Å². The SMILES string of the molecule is CCCCCCCCCCCCCCCCOC(=O)c1cc(-c2cc(C(=O)OCCCCCCCCCCCCCCCC)c3ccccc3n2)nc2ccccc12. The lowest BCUT2D eigenvalue weighted by molar-refractivity contribution is 0.0490. The second-order valence-corrected chi connectivity index (χ2v) is 16.6. The Bertz CT molecular complexity index is 1610. The van der Waals surface area contributed by atoms with Gasteiger partial charge in [0.25, 0.3) is 0 Å². The van der Waals surface area contributed by atoms with Gasteiger partial charge < -0.3 is 9.47 Å². The Kier molecular flexibility index (Phi) is 23.8. The molecule has 0 unspecified atom stereocenters. The minimum atomic E-state index is -0.358. The third-order valence-corrected chi connectivity index (χ3v) is 11.6. The van der Waals surface area contributed by atoms with Crippen molar-refractivity contribution in [3.05, 3.63) is 71.8 Å². The zero-order valence-corrected chi connectivity index (χ0v) is 36.5. The van der Waals surface area contributed by atoms with Crippen molar-refractivity contribution in [1.29, 1.82) is 0 Å². The molecule has 4 rings (SSSR count). The number of nitrogens with zero attached hydrogens (tertiary/aromatic N) is 2. The summed E-state index contributed by atoms with van der Waals surface area (Å²) in [7, 11) is 0. The summed E-state index contributed by atoms with van der Waals surface area (Å²) in [5.74, 6) is -0.716. The van der Waals surface area contributed by atoms with Gasteiger partial charge in [0.1, 0.15) is 0 Å². The lowest BCUT2D eigenvalue weighted by atomic mass is 10.0. The Labute approximate surface area is 351 Å². The monoisotopic (exact) mass is 793 g/mol. The molecule has 0 N–H and O–H groups in total. The van der Waals surface area contributed by atoms with Gasteiger partial charge in [-0.15, -0.1) is 0 Å². The molecule has 0 aliphatic heterocycles. The molecule has 0 spiro atoms. The Morgan fingerprint density at radius 3 is 0.983 bits per heavy atom. The number of benzene rings is 2. The summed E-state index contributed by atoms with van der Waals surface area (Å²) in [6.45, 7) is 5.34. The first-order chi connectivity index (χ1) is 28.6. The van der Waals surface area contributed by atoms with Crippen molar-refractivity contribution < 1.29 is 19.1 Å². The Balaban J connectivity index is 1.23. The lowest BCUT2D eigenvalue weighted by Crippen LogP contribution is -2.10. The van der Waals surface area contributed by atoms with E-state index in [4.69, 9.17) is 19.4 Å². The van der Waals surface area contributed by atoms with Crippen LogP contribution in [-0.2, 0) is 9.47 Å². The Hall–Kier alpha value is -3.80. The van der Waals surface area contributed by atoms with Gasteiger partial charge in [-0.1, -0.05) is 217 Å². The third-order valence-electron chi connectivity index (χ3n) is 11.6. The molecular formula is C52H76N2O4. The van der Waals surface area contributed by atoms with Crippen LogP contribution in [0, 0.1) is 0 Å². The van der Waals surface area contributed by atoms with Crippen LogP contribution in [0.1, 0.15) is 214 Å². The van der Waals surface area contributed by atoms with E-state index >= 15 is 0 Å². The maximum atomic E-state index is 13.5. The van der Waals surface area contributed by atoms with E-state index in [1.807, 2.05) is 48.5 Å². The Morgan fingerprint density at radius 2 is 0.672 bits per heavy atom. The number of ether oxygens (including phenoxy) is 2. The molecule has 0 saturated carbocycles. The van der Waals surface area contributed by atoms with Crippen LogP contribution in [0.4, 0.5) is 0 Å². The normalized spacial score (nSPS) is 11.4. The van der Waals surface area contributed by atoms with Gasteiger partial charge in [-0.05, 0) is 37.1 Å². The molecular weight excluding hydrogens is 717 g/mol. The molecule has 6 nitrogen and oxygen atoms in total. The molecule has 58 heavy (non-hydrogen) atoms. The number of pyridine rings is 2. The second kappa shape index (κ2) is 29.4. The van der Waals surface area contributed by atoms with Gasteiger partial charge in [-0.3, -0.25) is 0 Å². The quantitative estimate of drug-likeness (QED) is 0.0353. The van der Waals surface area contributed by atoms with Gasteiger partial charge in [0.15, 0.2) is 0 Å². The fourth-order valence-electron chi connectivity index (χ4n) is 8.03. The molecule has 0 aliphatic rings. The van der Waals surface area contributed by atoms with Crippen molar-refractivity contribution >= 4 is 33.7 Å². The number of carbonyl (C=O) groups excluding carboxylic acids is 2. The highest BCUT2D eigenvalue weighted by Crippen LogP contribution is 2.29. The van der Waals surface area contributed by atoms with Crippen molar-refractivity contribution in [3.8, 4) is 11.4 Å². The molecule has 0 saturated heterocycles. The standard InChI is InChI=1S/C52H76N2O4/c1-3-5-7-9-11-13-15-17-19-21-23-25-27-33-39-57-51(55)45-41-49(53-47-37-31-29-35-43(45)47)50-42-46(44-36-30-32-38-48(44)54-50)52(56)58-40-34-28-26-24-22-20-18-16-14-12-10-8-6-4-2/h29-32,35-38,41-42H,3-28,33-34,39-40H2,1-2H3. The van der Waals surface area contributed by atoms with E-state index < -0.39 is 0 Å². The highest BCUT2D eigenvalue weighted by molar-refractivity contribution is 6.06. The molecule has 0 radical (unpaired) electrons. The van der Waals surface area contributed by atoms with Crippen molar-refractivity contribution in [2.45, 2.75) is 194 Å². The first-order valence-electron chi connectivity index (χ1n) is 23.8. The smallest absolute Gasteiger partial charge is 0.338 e. The number of hydrogen-bond acceptors (Lipinski definition) is 6. The number of rotatable bonds is 33. The fraction of sp³-hybridized carbons (Fsp3) is 0.615. The molecule has 2 aromatic carbocycles. The first-order valence-corrected chi connectivity index (χ1v) is 23.8. The van der Waals surface area contributed by atoms with Gasteiger partial charge in [-0.25, -0.2) is 19.6 Å². The van der Waals surface area contributed by atoms with Gasteiger partial charge in [0, 0.05) is 10.8 Å². The van der Waals surface area contributed by atoms with Crippen molar-refractivity contribution in [3.63, 3.8) is 0 Å². The maximum absolute atomic E-state index is 13.5. The predicted octanol–water partition coefficient (Wildman–Crippen LogP) is 15.7. The zero-order chi connectivity index (χ0) is 40.9. The van der Waals surface area contributed by atoms with Crippen LogP contribution in [0.2, 0.25) is 0 Å². The van der Waals surface area contributed by atoms with Crippen LogP contribution in [0.15, 0.2) is 60.7 Å². The zero-order valence-electron chi connectivity index (χ0n) is 36.5. The van der Waals surface area contributed by atoms with E-state index in [-0.39, 0.29) is 11.9 Å². The summed E-state index contributed by atoms with van der Waals surface area (Å²) in [5.41, 5.74) is 3.33. The second-order valence-electron chi connectivity index (χ2n) is 16.6. The number of aromatic nitrogens is 2. The summed E-state index contributed by atoms with van der Waals surface area (Å²) in [6.07, 6.45) is 35.9. The van der Waals surface area contributed by atoms with Crippen LogP contribution >= 0.6 is 0 Å². The summed E-state index contributed by atoms with van der Waals surface area (Å²) >= 11 is 0. The molecule has 0 bridgehead atoms. The van der Waals surface area contributed by atoms with Crippen LogP contribution in [-0.4, -0.2) is 35.1 Å². The van der Waals surface area contributed by atoms with Gasteiger partial charge in [-0.2, -0.15) is 0 Å². The van der Waals surface area contributed by atoms with E-state index in [0.29, 0.717) is 46.8 Å². The fourth-order valence-corrected chi connectivity index (χ4v) is 8.03. The largest absolute Gasteiger partial charge is 0.462 e. The minimum absolute atomic E-state index is 0.358. The molecule has 0 amide bonds. The topological polar surface area (TPSA) is 78.4 Å². The highest BCUT2D eigenvalue weighted by atomic mass is 16.5. The number of carbonyl (C=O) groups is 2. The Morgan fingerprint density at radius 1 is 0.397 bits per heavy atom. The molecule has 0 aliphatic carbocycles. The average molecular weight is 793 g/mol. The van der Waals surface area contributed by atoms with Crippen molar-refractivity contribution in [2.75, 3.05) is 13.2 Å². The van der Waals surface area contributed by atoms with Gasteiger partial charge >= 0.3 is 11.9 Å². The van der Waals surface area contributed by atoms with Crippen LogP contribution < -0.4 is 0 Å². The van der Waals surface area contributed by atoms with Crippen molar-refractivity contribution in [2.24, 2.45) is 0 Å². The van der Waals surface area contributed by atoms with E-state index in [0.717, 1.165) is 36.5 Å². The number of hydrogen-bond donors (Lipinski definition) is 0. The van der Waals surface area contributed by atoms with E-state index in [9.17, 15) is 9.59 Å². The molecule has 0 atom stereocenters. The number of para-hydroxylation sites is 2. The molecule has 0 fully saturated rings. The van der Waals surface area contributed by atoms with Crippen molar-refractivity contribution in [1.82, 2.24) is 9.97 Å². The highest BCUT2D eigenvalue weighted by Gasteiger charge is 2.19. The molecule has 318 valence electrons. The number of fused-ring (bicyclic) bond motifs is 2.